The van der Waals surface area contributed by atoms with Gasteiger partial charge in [-0.15, -0.1) is 0 Å². The van der Waals surface area contributed by atoms with E-state index in [2.05, 4.69) is 39.1 Å². The van der Waals surface area contributed by atoms with Crippen LogP contribution < -0.4 is 9.80 Å². The van der Waals surface area contributed by atoms with E-state index >= 15 is 0 Å². The van der Waals surface area contributed by atoms with Gasteiger partial charge in [0.15, 0.2) is 6.67 Å². The van der Waals surface area contributed by atoms with Crippen LogP contribution in [0.5, 0.6) is 0 Å². The van der Waals surface area contributed by atoms with E-state index in [1.54, 1.807) is 4.90 Å². The van der Waals surface area contributed by atoms with Crippen LogP contribution in [0.15, 0.2) is 36.4 Å². The van der Waals surface area contributed by atoms with Crippen LogP contribution in [-0.2, 0) is 17.8 Å². The zero-order chi connectivity index (χ0) is 18.1. The molecule has 1 amide bonds. The highest BCUT2D eigenvalue weighted by Crippen LogP contribution is 2.29. The second-order valence-corrected chi connectivity index (χ2v) is 6.99. The van der Waals surface area contributed by atoms with E-state index in [1.165, 1.54) is 21.6 Å². The highest BCUT2D eigenvalue weighted by molar-refractivity contribution is 6.52. The number of benzene rings is 2. The number of carbonyl (C=O) groups excluding carboxylic acids is 2. The van der Waals surface area contributed by atoms with Gasteiger partial charge in [0.25, 0.3) is 5.78 Å². The number of Topliss-reactive ketones (excluding diaryl/α,β-unsaturated/α-hetero) is 1. The molecule has 3 rings (SSSR count). The van der Waals surface area contributed by atoms with E-state index in [1.807, 2.05) is 25.1 Å². The van der Waals surface area contributed by atoms with Crippen molar-refractivity contribution in [1.29, 1.82) is 0 Å². The number of hydrogen-bond acceptors (Lipinski definition) is 2. The van der Waals surface area contributed by atoms with E-state index in [4.69, 9.17) is 0 Å². The Bertz CT molecular complexity index is 842. The Morgan fingerprint density at radius 3 is 2.48 bits per heavy atom. The van der Waals surface area contributed by atoms with Crippen molar-refractivity contribution in [3.8, 4) is 0 Å². The van der Waals surface area contributed by atoms with Gasteiger partial charge in [0.1, 0.15) is 6.54 Å². The molecule has 0 saturated carbocycles. The SMILES string of the molecule is CCc1ccc2c(c1)C(=O)C(=O)N2C[NH+](C)Cc1ccc(C)cc1C. The Morgan fingerprint density at radius 1 is 1.04 bits per heavy atom. The van der Waals surface area contributed by atoms with Crippen LogP contribution in [-0.4, -0.2) is 25.4 Å². The van der Waals surface area contributed by atoms with Gasteiger partial charge in [0.05, 0.1) is 18.3 Å². The number of anilines is 1. The number of carbonyl (C=O) groups is 2. The molecule has 4 heteroatoms. The fourth-order valence-electron chi connectivity index (χ4n) is 3.42. The number of rotatable bonds is 5. The summed E-state index contributed by atoms with van der Waals surface area (Å²) in [4.78, 5) is 27.5. The van der Waals surface area contributed by atoms with Crippen molar-refractivity contribution in [3.63, 3.8) is 0 Å². The third-order valence-electron chi connectivity index (χ3n) is 4.86. The lowest BCUT2D eigenvalue weighted by Gasteiger charge is -2.22. The topological polar surface area (TPSA) is 41.8 Å². The molecule has 1 aliphatic heterocycles. The van der Waals surface area contributed by atoms with E-state index < -0.39 is 5.91 Å². The second-order valence-electron chi connectivity index (χ2n) is 6.99. The van der Waals surface area contributed by atoms with Gasteiger partial charge >= 0.3 is 5.91 Å². The quantitative estimate of drug-likeness (QED) is 0.849. The van der Waals surface area contributed by atoms with Crippen LogP contribution >= 0.6 is 0 Å². The highest BCUT2D eigenvalue weighted by atomic mass is 16.2. The fraction of sp³-hybridized carbons (Fsp3) is 0.333. The van der Waals surface area contributed by atoms with Gasteiger partial charge in [-0.3, -0.25) is 14.5 Å². The molecule has 1 unspecified atom stereocenters. The minimum atomic E-state index is -0.414. The number of quaternary nitrogens is 1. The van der Waals surface area contributed by atoms with Crippen molar-refractivity contribution in [2.75, 3.05) is 18.6 Å². The predicted octanol–water partition coefficient (Wildman–Crippen LogP) is 2.07. The minimum Gasteiger partial charge on any atom is -0.316 e. The van der Waals surface area contributed by atoms with Crippen LogP contribution in [0.4, 0.5) is 5.69 Å². The molecule has 130 valence electrons. The van der Waals surface area contributed by atoms with Crippen LogP contribution in [0, 0.1) is 13.8 Å². The normalized spacial score (nSPS) is 14.8. The Kier molecular flexibility index (Phi) is 4.73. The standard InChI is InChI=1S/C21H24N2O2/c1-5-16-7-9-19-18(11-16)20(24)21(25)23(19)13-22(4)12-17-8-6-14(2)10-15(17)3/h6-11H,5,12-13H2,1-4H3/p+1. The first kappa shape index (κ1) is 17.4. The van der Waals surface area contributed by atoms with Gasteiger partial charge in [-0.05, 0) is 43.5 Å². The van der Waals surface area contributed by atoms with Gasteiger partial charge in [-0.25, -0.2) is 0 Å². The number of hydrogen-bond donors (Lipinski definition) is 1. The third-order valence-corrected chi connectivity index (χ3v) is 4.86. The largest absolute Gasteiger partial charge is 0.316 e. The Labute approximate surface area is 149 Å². The van der Waals surface area contributed by atoms with Crippen LogP contribution in [0.2, 0.25) is 0 Å². The van der Waals surface area contributed by atoms with Gasteiger partial charge in [-0.2, -0.15) is 0 Å². The molecule has 4 nitrogen and oxygen atoms in total. The highest BCUT2D eigenvalue weighted by Gasteiger charge is 2.37. The molecule has 0 radical (unpaired) electrons. The predicted molar refractivity (Wildman–Crippen MR) is 99.0 cm³/mol. The number of ketones is 1. The monoisotopic (exact) mass is 337 g/mol. The minimum absolute atomic E-state index is 0.385. The number of nitrogens with zero attached hydrogens (tertiary/aromatic N) is 1. The summed E-state index contributed by atoms with van der Waals surface area (Å²) >= 11 is 0. The van der Waals surface area contributed by atoms with Crippen LogP contribution in [0.1, 0.15) is 39.5 Å². The zero-order valence-corrected chi connectivity index (χ0v) is 15.3. The average Bonchev–Trinajstić information content (AvgIpc) is 2.82. The van der Waals surface area contributed by atoms with Gasteiger partial charge < -0.3 is 4.90 Å². The van der Waals surface area contributed by atoms with E-state index in [0.717, 1.165) is 24.2 Å². The first-order chi connectivity index (χ1) is 11.9. The lowest BCUT2D eigenvalue weighted by Crippen LogP contribution is -3.09. The summed E-state index contributed by atoms with van der Waals surface area (Å²) in [6.07, 6.45) is 0.854. The van der Waals surface area contributed by atoms with E-state index in [0.29, 0.717) is 12.2 Å². The van der Waals surface area contributed by atoms with Crippen molar-refractivity contribution < 1.29 is 14.5 Å². The fourth-order valence-corrected chi connectivity index (χ4v) is 3.42. The van der Waals surface area contributed by atoms with Crippen molar-refractivity contribution in [2.24, 2.45) is 0 Å². The summed E-state index contributed by atoms with van der Waals surface area (Å²) in [5.74, 6) is -0.798. The zero-order valence-electron chi connectivity index (χ0n) is 15.3. The molecule has 0 saturated heterocycles. The maximum atomic E-state index is 12.4. The summed E-state index contributed by atoms with van der Waals surface area (Å²) in [5.41, 5.74) is 6.15. The summed E-state index contributed by atoms with van der Waals surface area (Å²) in [7, 11) is 2.05. The third kappa shape index (κ3) is 3.35. The summed E-state index contributed by atoms with van der Waals surface area (Å²) in [5, 5.41) is 0. The number of aryl methyl sites for hydroxylation is 3. The molecule has 0 spiro atoms. The van der Waals surface area contributed by atoms with Crippen molar-refractivity contribution in [1.82, 2.24) is 0 Å². The molecule has 0 fully saturated rings. The maximum absolute atomic E-state index is 12.4. The Hall–Kier alpha value is -2.46. The molecule has 0 aliphatic carbocycles. The summed E-state index contributed by atoms with van der Waals surface area (Å²) < 4.78 is 0. The molecule has 25 heavy (non-hydrogen) atoms. The van der Waals surface area contributed by atoms with Gasteiger partial charge in [-0.1, -0.05) is 36.8 Å². The summed E-state index contributed by atoms with van der Waals surface area (Å²) in [6, 6.07) is 12.2. The Balaban J connectivity index is 1.79. The Morgan fingerprint density at radius 2 is 1.80 bits per heavy atom. The molecule has 1 heterocycles. The second kappa shape index (κ2) is 6.81. The van der Waals surface area contributed by atoms with Crippen molar-refractivity contribution >= 4 is 17.4 Å². The first-order valence-electron chi connectivity index (χ1n) is 8.77. The molecule has 0 bridgehead atoms. The number of fused-ring (bicyclic) bond motifs is 1. The van der Waals surface area contributed by atoms with E-state index in [-0.39, 0.29) is 5.78 Å². The van der Waals surface area contributed by atoms with Gasteiger partial charge in [0, 0.05) is 5.56 Å². The molecule has 1 N–H and O–H groups in total. The molecule has 0 aromatic heterocycles. The van der Waals surface area contributed by atoms with Crippen molar-refractivity contribution in [2.45, 2.75) is 33.7 Å². The average molecular weight is 337 g/mol. The molecule has 1 atom stereocenters. The maximum Gasteiger partial charge on any atom is 0.303 e. The molecular weight excluding hydrogens is 312 g/mol. The molecule has 2 aromatic carbocycles. The smallest absolute Gasteiger partial charge is 0.303 e. The number of nitrogens with one attached hydrogen (secondary N) is 1. The van der Waals surface area contributed by atoms with Crippen LogP contribution in [0.25, 0.3) is 0 Å². The van der Waals surface area contributed by atoms with Crippen LogP contribution in [0.3, 0.4) is 0 Å². The lowest BCUT2D eigenvalue weighted by molar-refractivity contribution is -0.892. The lowest BCUT2D eigenvalue weighted by atomic mass is 10.1. The summed E-state index contributed by atoms with van der Waals surface area (Å²) in [6.45, 7) is 7.54. The van der Waals surface area contributed by atoms with Crippen molar-refractivity contribution in [3.05, 3.63) is 64.2 Å². The molecular formula is C21H25N2O2+. The molecule has 2 aromatic rings. The molecule has 1 aliphatic rings. The van der Waals surface area contributed by atoms with Gasteiger partial charge in [0.2, 0.25) is 0 Å². The van der Waals surface area contributed by atoms with E-state index in [9.17, 15) is 9.59 Å². The first-order valence-corrected chi connectivity index (χ1v) is 8.77. The number of amides is 1.